The second-order valence-corrected chi connectivity index (χ2v) is 10.3. The first-order chi connectivity index (χ1) is 17.7. The molecule has 0 unspecified atom stereocenters. The highest BCUT2D eigenvalue weighted by Crippen LogP contribution is 2.34. The van der Waals surface area contributed by atoms with E-state index >= 15 is 0 Å². The summed E-state index contributed by atoms with van der Waals surface area (Å²) in [5, 5.41) is 11.8. The number of nitrogens with zero attached hydrogens (tertiary/aromatic N) is 3. The number of hydrogen-bond acceptors (Lipinski definition) is 8. The lowest BCUT2D eigenvalue weighted by Crippen LogP contribution is -2.61. The molecule has 1 saturated heterocycles. The number of nitrogens with one attached hydrogen (secondary N) is 1. The second-order valence-electron chi connectivity index (χ2n) is 8.01. The van der Waals surface area contributed by atoms with Gasteiger partial charge in [-0.05, 0) is 16.7 Å². The molecular formula is C24H25Cl3N4O6. The van der Waals surface area contributed by atoms with Crippen LogP contribution < -0.4 is 0 Å². The van der Waals surface area contributed by atoms with Crippen molar-refractivity contribution in [2.24, 2.45) is 5.11 Å². The number of hydrogen-bond donors (Lipinski definition) is 1. The van der Waals surface area contributed by atoms with E-state index < -0.39 is 46.3 Å². The molecule has 10 nitrogen and oxygen atoms in total. The molecule has 0 saturated carbocycles. The van der Waals surface area contributed by atoms with Gasteiger partial charge in [0.15, 0.2) is 0 Å². The summed E-state index contributed by atoms with van der Waals surface area (Å²) in [5.74, 6) is -1.30. The minimum Gasteiger partial charge on any atom is -0.463 e. The second kappa shape index (κ2) is 13.8. The number of azide groups is 1. The lowest BCUT2D eigenvalue weighted by molar-refractivity contribution is -0.267. The molecule has 13 heteroatoms. The van der Waals surface area contributed by atoms with Crippen LogP contribution in [-0.2, 0) is 41.7 Å². The van der Waals surface area contributed by atoms with Gasteiger partial charge in [-0.15, -0.1) is 0 Å². The van der Waals surface area contributed by atoms with Gasteiger partial charge in [0.2, 0.25) is 12.2 Å². The molecule has 2 aromatic carbocycles. The number of esters is 1. The fraction of sp³-hybridized carbons (Fsp3) is 0.417. The van der Waals surface area contributed by atoms with Crippen molar-refractivity contribution < 1.29 is 28.5 Å². The number of ether oxygens (including phenoxy) is 5. The Morgan fingerprint density at radius 2 is 1.57 bits per heavy atom. The molecule has 3 rings (SSSR count). The van der Waals surface area contributed by atoms with E-state index in [9.17, 15) is 10.3 Å². The van der Waals surface area contributed by atoms with Crippen molar-refractivity contribution in [3.8, 4) is 0 Å². The first kappa shape index (κ1) is 29.0. The molecule has 1 aliphatic heterocycles. The Balaban J connectivity index is 1.95. The lowest BCUT2D eigenvalue weighted by Gasteiger charge is -2.44. The Kier molecular flexibility index (Phi) is 10.8. The van der Waals surface area contributed by atoms with Crippen molar-refractivity contribution in [3.05, 3.63) is 82.2 Å². The molecule has 2 aromatic rings. The highest BCUT2D eigenvalue weighted by atomic mass is 35.6. The van der Waals surface area contributed by atoms with E-state index in [0.717, 1.165) is 11.1 Å². The van der Waals surface area contributed by atoms with Crippen LogP contribution in [0.5, 0.6) is 0 Å². The average Bonchev–Trinajstić information content (AvgIpc) is 2.87. The van der Waals surface area contributed by atoms with Crippen molar-refractivity contribution >= 4 is 46.7 Å². The maximum absolute atomic E-state index is 11.6. The molecule has 0 aromatic heterocycles. The van der Waals surface area contributed by atoms with Crippen molar-refractivity contribution in [1.29, 1.82) is 5.41 Å². The van der Waals surface area contributed by atoms with Gasteiger partial charge in [-0.2, -0.15) is 0 Å². The van der Waals surface area contributed by atoms with Crippen LogP contribution in [0.2, 0.25) is 0 Å². The van der Waals surface area contributed by atoms with E-state index in [1.807, 2.05) is 60.7 Å². The Bertz CT molecular complexity index is 1080. The van der Waals surface area contributed by atoms with Gasteiger partial charge >= 0.3 is 5.97 Å². The quantitative estimate of drug-likeness (QED) is 0.0762. The largest absolute Gasteiger partial charge is 0.463 e. The maximum Gasteiger partial charge on any atom is 0.302 e. The van der Waals surface area contributed by atoms with Gasteiger partial charge in [0.05, 0.1) is 13.2 Å². The summed E-state index contributed by atoms with van der Waals surface area (Å²) in [6.07, 6.45) is -4.17. The Hall–Kier alpha value is -2.56. The van der Waals surface area contributed by atoms with Gasteiger partial charge in [0, 0.05) is 11.8 Å². The molecule has 1 fully saturated rings. The van der Waals surface area contributed by atoms with Crippen molar-refractivity contribution in [2.75, 3.05) is 6.61 Å². The standard InChI is InChI=1S/C24H25Cl3N4O6/c1-15(32)33-14-18-20(34-12-16-8-4-2-5-9-16)21(35-13-17-10-6-3-7-11-17)19(30-31-29)22(36-18)37-23(28)24(25,26)27/h2-11,18-22,28H,12-14H2,1H3/t18-,19-,20-,21-,22+/m1/s1. The summed E-state index contributed by atoms with van der Waals surface area (Å²) in [7, 11) is 0. The Morgan fingerprint density at radius 1 is 1.03 bits per heavy atom. The van der Waals surface area contributed by atoms with Crippen LogP contribution >= 0.6 is 34.8 Å². The van der Waals surface area contributed by atoms with Gasteiger partial charge in [-0.3, -0.25) is 10.2 Å². The third-order valence-electron chi connectivity index (χ3n) is 5.31. The van der Waals surface area contributed by atoms with E-state index in [1.54, 1.807) is 0 Å². The third-order valence-corrected chi connectivity index (χ3v) is 5.83. The van der Waals surface area contributed by atoms with Gasteiger partial charge < -0.3 is 23.7 Å². The Morgan fingerprint density at radius 3 is 2.05 bits per heavy atom. The molecule has 0 aliphatic carbocycles. The highest BCUT2D eigenvalue weighted by molar-refractivity contribution is 6.76. The van der Waals surface area contributed by atoms with Crippen LogP contribution in [0.15, 0.2) is 65.8 Å². The van der Waals surface area contributed by atoms with E-state index in [-0.39, 0.29) is 19.8 Å². The molecule has 198 valence electrons. The highest BCUT2D eigenvalue weighted by Gasteiger charge is 2.50. The van der Waals surface area contributed by atoms with Crippen LogP contribution in [0.1, 0.15) is 18.1 Å². The zero-order valence-corrected chi connectivity index (χ0v) is 22.0. The van der Waals surface area contributed by atoms with Crippen LogP contribution in [0.4, 0.5) is 0 Å². The number of carbonyl (C=O) groups excluding carboxylic acids is 1. The topological polar surface area (TPSA) is 136 Å². The molecule has 0 spiro atoms. The number of halogens is 3. The lowest BCUT2D eigenvalue weighted by atomic mass is 9.96. The fourth-order valence-electron chi connectivity index (χ4n) is 3.61. The normalized spacial score (nSPS) is 23.5. The summed E-state index contributed by atoms with van der Waals surface area (Å²) < 4.78 is 26.9. The number of benzene rings is 2. The molecular weight excluding hydrogens is 547 g/mol. The van der Waals surface area contributed by atoms with Crippen molar-refractivity contribution in [3.63, 3.8) is 0 Å². The number of rotatable bonds is 10. The van der Waals surface area contributed by atoms with Gasteiger partial charge in [0.1, 0.15) is 31.0 Å². The third kappa shape index (κ3) is 8.76. The minimum absolute atomic E-state index is 0.128. The number of carbonyl (C=O) groups is 1. The molecule has 0 bridgehead atoms. The van der Waals surface area contributed by atoms with Crippen LogP contribution in [0, 0.1) is 5.41 Å². The van der Waals surface area contributed by atoms with Gasteiger partial charge in [0.25, 0.3) is 3.79 Å². The van der Waals surface area contributed by atoms with E-state index in [2.05, 4.69) is 10.0 Å². The summed E-state index contributed by atoms with van der Waals surface area (Å²) in [4.78, 5) is 14.5. The summed E-state index contributed by atoms with van der Waals surface area (Å²) >= 11 is 17.4. The fourth-order valence-corrected chi connectivity index (χ4v) is 3.75. The first-order valence-electron chi connectivity index (χ1n) is 11.2. The molecule has 1 N–H and O–H groups in total. The molecule has 37 heavy (non-hydrogen) atoms. The summed E-state index contributed by atoms with van der Waals surface area (Å²) in [5.41, 5.74) is 11.0. The summed E-state index contributed by atoms with van der Waals surface area (Å²) in [6.45, 7) is 1.31. The molecule has 0 radical (unpaired) electrons. The molecule has 1 heterocycles. The summed E-state index contributed by atoms with van der Waals surface area (Å²) in [6, 6.07) is 17.5. The number of alkyl halides is 3. The predicted octanol–water partition coefficient (Wildman–Crippen LogP) is 5.49. The van der Waals surface area contributed by atoms with E-state index in [4.69, 9.17) is 63.9 Å². The first-order valence-corrected chi connectivity index (χ1v) is 12.3. The molecule has 1 aliphatic rings. The van der Waals surface area contributed by atoms with E-state index in [1.165, 1.54) is 6.92 Å². The van der Waals surface area contributed by atoms with Gasteiger partial charge in [-0.1, -0.05) is 101 Å². The maximum atomic E-state index is 11.6. The van der Waals surface area contributed by atoms with Gasteiger partial charge in [-0.25, -0.2) is 0 Å². The zero-order chi connectivity index (χ0) is 26.8. The van der Waals surface area contributed by atoms with Crippen LogP contribution in [0.3, 0.4) is 0 Å². The minimum atomic E-state index is -2.20. The van der Waals surface area contributed by atoms with Crippen molar-refractivity contribution in [1.82, 2.24) is 0 Å². The molecule has 0 amide bonds. The van der Waals surface area contributed by atoms with Crippen molar-refractivity contribution in [2.45, 2.75) is 54.6 Å². The Labute approximate surface area is 228 Å². The predicted molar refractivity (Wildman–Crippen MR) is 137 cm³/mol. The monoisotopic (exact) mass is 570 g/mol. The zero-order valence-electron chi connectivity index (χ0n) is 19.7. The van der Waals surface area contributed by atoms with Crippen LogP contribution in [0.25, 0.3) is 10.4 Å². The van der Waals surface area contributed by atoms with E-state index in [0.29, 0.717) is 0 Å². The smallest absolute Gasteiger partial charge is 0.302 e. The molecule has 5 atom stereocenters. The van der Waals surface area contributed by atoms with Crippen LogP contribution in [-0.4, -0.2) is 52.9 Å². The SMILES string of the molecule is CC(=O)OC[C@H]1O[C@@H](OC(=N)C(Cl)(Cl)Cl)[C@H](N=[N+]=[N-])[C@@H](OCc2ccccc2)[C@@H]1OCc1ccccc1. The average molecular weight is 572 g/mol.